The highest BCUT2D eigenvalue weighted by atomic mass is 32.2. The van der Waals surface area contributed by atoms with Gasteiger partial charge in [-0.15, -0.1) is 0 Å². The van der Waals surface area contributed by atoms with Crippen LogP contribution in [0.2, 0.25) is 0 Å². The Hall–Kier alpha value is -3.59. The van der Waals surface area contributed by atoms with Crippen LogP contribution in [-0.4, -0.2) is 84.8 Å². The molecule has 3 N–H and O–H groups in total. The molecule has 5 rings (SSSR count). The number of ether oxygens (including phenoxy) is 2. The minimum absolute atomic E-state index is 0.0791. The molecule has 3 heterocycles. The molecule has 1 aromatic heterocycles. The lowest BCUT2D eigenvalue weighted by atomic mass is 10.1. The van der Waals surface area contributed by atoms with Crippen LogP contribution >= 0.6 is 0 Å². The summed E-state index contributed by atoms with van der Waals surface area (Å²) < 4.78 is 66.9. The highest BCUT2D eigenvalue weighted by Gasteiger charge is 2.32. The van der Waals surface area contributed by atoms with Gasteiger partial charge in [-0.05, 0) is 64.8 Å². The fraction of sp³-hybridized carbons (Fsp3) is 0.500. The predicted octanol–water partition coefficient (Wildman–Crippen LogP) is 4.78. The highest BCUT2D eigenvalue weighted by Crippen LogP contribution is 2.31. The van der Waals surface area contributed by atoms with E-state index < -0.39 is 32.5 Å². The average molecular weight is 661 g/mol. The zero-order valence-corrected chi connectivity index (χ0v) is 27.4. The molecular weight excluding hydrogens is 618 g/mol. The number of sulfonamides is 1. The first-order chi connectivity index (χ1) is 21.9. The summed E-state index contributed by atoms with van der Waals surface area (Å²) in [5, 5.41) is 13.5. The van der Waals surface area contributed by atoms with Gasteiger partial charge in [-0.1, -0.05) is 0 Å². The van der Waals surface area contributed by atoms with Gasteiger partial charge < -0.3 is 20.1 Å². The molecule has 11 nitrogen and oxygen atoms in total. The van der Waals surface area contributed by atoms with E-state index in [0.29, 0.717) is 66.2 Å². The Morgan fingerprint density at radius 2 is 1.80 bits per heavy atom. The van der Waals surface area contributed by atoms with Crippen molar-refractivity contribution in [1.29, 1.82) is 0 Å². The number of nitrogens with one attached hydrogen (secondary N) is 3. The summed E-state index contributed by atoms with van der Waals surface area (Å²) in [6.07, 6.45) is 1.86. The number of H-pyrrole nitrogens is 1. The van der Waals surface area contributed by atoms with Gasteiger partial charge in [0.05, 0.1) is 16.1 Å². The molecule has 2 aliphatic rings. The number of anilines is 2. The molecular formula is C32H42F2N6O5S. The number of halogens is 2. The van der Waals surface area contributed by atoms with E-state index in [1.165, 1.54) is 0 Å². The lowest BCUT2D eigenvalue weighted by Gasteiger charge is -2.30. The van der Waals surface area contributed by atoms with E-state index in [1.807, 2.05) is 6.07 Å². The Labute approximate surface area is 268 Å². The SMILES string of the molecule is CC(C)N(CCOc1ccc(C(=O)Nc2n[nH]c3c2CN(S(=O)(=O)c2cc(F)cc(F)c2)CC3)c(NC2CCOCC2)c1)C(C)C. The molecule has 0 unspecified atom stereocenters. The summed E-state index contributed by atoms with van der Waals surface area (Å²) in [5.74, 6) is -1.59. The van der Waals surface area contributed by atoms with Gasteiger partial charge in [0.15, 0.2) is 5.82 Å². The number of nitrogens with zero attached hydrogens (tertiary/aromatic N) is 3. The number of carbonyl (C=O) groups excluding carboxylic acids is 1. The number of amides is 1. The Morgan fingerprint density at radius 3 is 2.48 bits per heavy atom. The molecule has 46 heavy (non-hydrogen) atoms. The second-order valence-electron chi connectivity index (χ2n) is 12.2. The summed E-state index contributed by atoms with van der Waals surface area (Å²) in [5.41, 5.74) is 2.14. The Bertz CT molecular complexity index is 1610. The van der Waals surface area contributed by atoms with Gasteiger partial charge in [0.2, 0.25) is 10.0 Å². The molecule has 0 radical (unpaired) electrons. The number of rotatable bonds is 12. The third-order valence-electron chi connectivity index (χ3n) is 8.37. The molecule has 3 aromatic rings. The molecule has 2 aromatic carbocycles. The fourth-order valence-corrected chi connectivity index (χ4v) is 7.41. The van der Waals surface area contributed by atoms with E-state index in [-0.39, 0.29) is 31.4 Å². The van der Waals surface area contributed by atoms with Crippen molar-refractivity contribution >= 4 is 27.4 Å². The summed E-state index contributed by atoms with van der Waals surface area (Å²) in [6, 6.07) is 8.34. The maximum absolute atomic E-state index is 13.8. The van der Waals surface area contributed by atoms with Crippen molar-refractivity contribution in [2.24, 2.45) is 0 Å². The molecule has 1 fully saturated rings. The molecule has 1 amide bonds. The number of carbonyl (C=O) groups is 1. The number of hydrogen-bond acceptors (Lipinski definition) is 8. The van der Waals surface area contributed by atoms with E-state index in [9.17, 15) is 22.0 Å². The quantitative estimate of drug-likeness (QED) is 0.253. The normalized spacial score (nSPS) is 16.2. The summed E-state index contributed by atoms with van der Waals surface area (Å²) in [7, 11) is -4.21. The third-order valence-corrected chi connectivity index (χ3v) is 10.2. The van der Waals surface area contributed by atoms with Crippen molar-refractivity contribution in [3.05, 3.63) is 64.9 Å². The summed E-state index contributed by atoms with van der Waals surface area (Å²) >= 11 is 0. The number of hydrogen-bond donors (Lipinski definition) is 3. The molecule has 0 atom stereocenters. The van der Waals surface area contributed by atoms with Gasteiger partial charge >= 0.3 is 0 Å². The third kappa shape index (κ3) is 7.85. The summed E-state index contributed by atoms with van der Waals surface area (Å²) in [4.78, 5) is 15.6. The predicted molar refractivity (Wildman–Crippen MR) is 171 cm³/mol. The first-order valence-electron chi connectivity index (χ1n) is 15.6. The van der Waals surface area contributed by atoms with E-state index in [0.717, 1.165) is 35.8 Å². The molecule has 0 bridgehead atoms. The topological polar surface area (TPSA) is 129 Å². The van der Waals surface area contributed by atoms with Crippen molar-refractivity contribution in [3.63, 3.8) is 0 Å². The lowest BCUT2D eigenvalue weighted by Crippen LogP contribution is -2.39. The molecule has 0 aliphatic carbocycles. The first kappa shape index (κ1) is 33.8. The van der Waals surface area contributed by atoms with Crippen molar-refractivity contribution < 1.29 is 31.5 Å². The fourth-order valence-electron chi connectivity index (χ4n) is 5.95. The maximum Gasteiger partial charge on any atom is 0.258 e. The molecule has 2 aliphatic heterocycles. The Kier molecular flexibility index (Phi) is 10.6. The molecule has 1 saturated heterocycles. The van der Waals surface area contributed by atoms with Crippen LogP contribution in [0.25, 0.3) is 0 Å². The molecule has 0 saturated carbocycles. The lowest BCUT2D eigenvalue weighted by molar-refractivity contribution is 0.0904. The molecule has 14 heteroatoms. The van der Waals surface area contributed by atoms with Crippen molar-refractivity contribution in [3.8, 4) is 5.75 Å². The van der Waals surface area contributed by atoms with E-state index >= 15 is 0 Å². The van der Waals surface area contributed by atoms with Gasteiger partial charge in [-0.2, -0.15) is 9.40 Å². The van der Waals surface area contributed by atoms with E-state index in [2.05, 4.69) is 53.4 Å². The van der Waals surface area contributed by atoms with Crippen molar-refractivity contribution in [2.45, 2.75) is 76.5 Å². The second kappa shape index (κ2) is 14.4. The standard InChI is InChI=1S/C32H42F2N6O5S/c1-20(2)40(21(3)4)11-14-45-25-5-6-27(30(18-25)35-24-8-12-44-13-9-24)32(41)36-31-28-19-39(10-7-29(28)37-38-31)46(42,43)26-16-22(33)15-23(34)17-26/h5-6,15-18,20-21,24,35H,7-14,19H2,1-4H3,(H2,36,37,38,41). The average Bonchev–Trinajstić information content (AvgIpc) is 3.40. The van der Waals surface area contributed by atoms with Crippen LogP contribution in [0, 0.1) is 11.6 Å². The van der Waals surface area contributed by atoms with Gasteiger partial charge in [0.25, 0.3) is 5.91 Å². The van der Waals surface area contributed by atoms with Gasteiger partial charge in [0.1, 0.15) is 24.0 Å². The Balaban J connectivity index is 1.34. The maximum atomic E-state index is 13.8. The minimum Gasteiger partial charge on any atom is -0.492 e. The van der Waals surface area contributed by atoms with Crippen LogP contribution in [0.3, 0.4) is 0 Å². The van der Waals surface area contributed by atoms with Crippen LogP contribution in [0.15, 0.2) is 41.3 Å². The van der Waals surface area contributed by atoms with Crippen LogP contribution in [-0.2, 0) is 27.7 Å². The van der Waals surface area contributed by atoms with Crippen molar-refractivity contribution in [1.82, 2.24) is 19.4 Å². The van der Waals surface area contributed by atoms with Crippen LogP contribution in [0.1, 0.15) is 62.2 Å². The number of fused-ring (bicyclic) bond motifs is 1. The van der Waals surface area contributed by atoms with E-state index in [1.54, 1.807) is 12.1 Å². The van der Waals surface area contributed by atoms with Crippen molar-refractivity contribution in [2.75, 3.05) is 43.5 Å². The van der Waals surface area contributed by atoms with Crippen LogP contribution in [0.4, 0.5) is 20.3 Å². The van der Waals surface area contributed by atoms with Gasteiger partial charge in [0, 0.05) is 80.8 Å². The highest BCUT2D eigenvalue weighted by molar-refractivity contribution is 7.89. The number of aromatic nitrogens is 2. The van der Waals surface area contributed by atoms with Gasteiger partial charge in [-0.25, -0.2) is 17.2 Å². The molecule has 0 spiro atoms. The molecule has 250 valence electrons. The largest absolute Gasteiger partial charge is 0.492 e. The zero-order valence-electron chi connectivity index (χ0n) is 26.6. The van der Waals surface area contributed by atoms with E-state index in [4.69, 9.17) is 9.47 Å². The van der Waals surface area contributed by atoms with Crippen LogP contribution < -0.4 is 15.4 Å². The number of aromatic amines is 1. The zero-order chi connectivity index (χ0) is 33.0. The second-order valence-corrected chi connectivity index (χ2v) is 14.1. The monoisotopic (exact) mass is 660 g/mol. The number of benzene rings is 2. The summed E-state index contributed by atoms with van der Waals surface area (Å²) in [6.45, 7) is 11.0. The smallest absolute Gasteiger partial charge is 0.258 e. The first-order valence-corrected chi connectivity index (χ1v) is 17.1. The van der Waals surface area contributed by atoms with Gasteiger partial charge in [-0.3, -0.25) is 14.8 Å². The van der Waals surface area contributed by atoms with Crippen LogP contribution in [0.5, 0.6) is 5.75 Å². The Morgan fingerprint density at radius 1 is 1.11 bits per heavy atom. The minimum atomic E-state index is -4.21.